The number of nitrogens with zero attached hydrogens (tertiary/aromatic N) is 1. The van der Waals surface area contributed by atoms with E-state index in [9.17, 15) is 20.1 Å². The van der Waals surface area contributed by atoms with Gasteiger partial charge < -0.3 is 30.6 Å². The van der Waals surface area contributed by atoms with Crippen molar-refractivity contribution in [2.24, 2.45) is 33.7 Å². The van der Waals surface area contributed by atoms with Crippen molar-refractivity contribution in [1.82, 2.24) is 5.43 Å². The summed E-state index contributed by atoms with van der Waals surface area (Å²) in [5.41, 5.74) is 0.968. The summed E-state index contributed by atoms with van der Waals surface area (Å²) >= 11 is 0. The fourth-order valence-corrected chi connectivity index (χ4v) is 8.64. The number of fused-ring (bicyclic) bond motifs is 5. The lowest BCUT2D eigenvalue weighted by Crippen LogP contribution is -2.68. The monoisotopic (exact) mass is 462 g/mol. The van der Waals surface area contributed by atoms with Crippen molar-refractivity contribution in [3.8, 4) is 0 Å². The molecule has 1 aliphatic heterocycles. The number of cyclic esters (lactones) is 1. The van der Waals surface area contributed by atoms with Crippen molar-refractivity contribution >= 4 is 12.2 Å². The fraction of sp³-hybridized carbons (Fsp3) is 0.840. The molecule has 4 fully saturated rings. The van der Waals surface area contributed by atoms with Gasteiger partial charge in [0.2, 0.25) is 0 Å². The highest BCUT2D eigenvalue weighted by Crippen LogP contribution is 2.70. The first-order valence-electron chi connectivity index (χ1n) is 12.6. The summed E-state index contributed by atoms with van der Waals surface area (Å²) in [6.07, 6.45) is 8.88. The van der Waals surface area contributed by atoms with Crippen molar-refractivity contribution in [1.29, 1.82) is 0 Å². The summed E-state index contributed by atoms with van der Waals surface area (Å²) in [6.45, 7) is 2.82. The van der Waals surface area contributed by atoms with E-state index in [-0.39, 0.29) is 35.7 Å². The molecule has 0 radical (unpaired) electrons. The van der Waals surface area contributed by atoms with Gasteiger partial charge in [0.05, 0.1) is 30.5 Å². The van der Waals surface area contributed by atoms with Gasteiger partial charge in [0.15, 0.2) is 0 Å². The Hall–Kier alpha value is -1.48. The van der Waals surface area contributed by atoms with Crippen LogP contribution in [0.3, 0.4) is 0 Å². The third-order valence-corrected chi connectivity index (χ3v) is 10.2. The molecule has 184 valence electrons. The molecule has 0 aromatic rings. The van der Waals surface area contributed by atoms with Crippen LogP contribution in [0.25, 0.3) is 0 Å². The van der Waals surface area contributed by atoms with Crippen LogP contribution >= 0.6 is 0 Å². The van der Waals surface area contributed by atoms with Crippen molar-refractivity contribution in [3.63, 3.8) is 0 Å². The van der Waals surface area contributed by atoms with Gasteiger partial charge in [-0.15, -0.1) is 0 Å². The minimum Gasteiger partial charge on any atom is -0.458 e. The maximum atomic E-state index is 12.3. The van der Waals surface area contributed by atoms with E-state index in [1.807, 2.05) is 6.21 Å². The van der Waals surface area contributed by atoms with Gasteiger partial charge in [-0.25, -0.2) is 4.79 Å². The van der Waals surface area contributed by atoms with Gasteiger partial charge in [-0.1, -0.05) is 6.92 Å². The Kier molecular flexibility index (Phi) is 5.67. The van der Waals surface area contributed by atoms with Crippen molar-refractivity contribution in [2.45, 2.75) is 82.0 Å². The van der Waals surface area contributed by atoms with Gasteiger partial charge in [0.1, 0.15) is 6.61 Å². The van der Waals surface area contributed by atoms with E-state index in [4.69, 9.17) is 9.84 Å². The normalized spacial score (nSPS) is 49.2. The van der Waals surface area contributed by atoms with Crippen molar-refractivity contribution < 1.29 is 30.0 Å². The first-order chi connectivity index (χ1) is 15.7. The summed E-state index contributed by atoms with van der Waals surface area (Å²) in [7, 11) is 0. The largest absolute Gasteiger partial charge is 0.458 e. The molecule has 4 aliphatic carbocycles. The number of nitrogens with one attached hydrogen (secondary N) is 1. The average molecular weight is 463 g/mol. The highest BCUT2D eigenvalue weighted by atomic mass is 16.5. The average Bonchev–Trinajstić information content (AvgIpc) is 3.31. The van der Waals surface area contributed by atoms with Crippen LogP contribution in [0.4, 0.5) is 0 Å². The summed E-state index contributed by atoms with van der Waals surface area (Å²) in [6, 6.07) is 0. The van der Waals surface area contributed by atoms with Gasteiger partial charge in [-0.3, -0.25) is 0 Å². The zero-order chi connectivity index (χ0) is 23.5. The van der Waals surface area contributed by atoms with E-state index in [0.717, 1.165) is 24.8 Å². The van der Waals surface area contributed by atoms with Gasteiger partial charge in [-0.05, 0) is 74.7 Å². The highest BCUT2D eigenvalue weighted by Gasteiger charge is 2.71. The van der Waals surface area contributed by atoms with Gasteiger partial charge >= 0.3 is 5.97 Å². The van der Waals surface area contributed by atoms with E-state index in [0.29, 0.717) is 51.7 Å². The van der Waals surface area contributed by atoms with Crippen LogP contribution in [0.1, 0.15) is 64.7 Å². The number of esters is 1. The zero-order valence-electron chi connectivity index (χ0n) is 19.5. The molecule has 0 aromatic carbocycles. The molecule has 4 saturated carbocycles. The molecule has 0 saturated heterocycles. The van der Waals surface area contributed by atoms with Crippen LogP contribution in [-0.4, -0.2) is 69.7 Å². The lowest BCUT2D eigenvalue weighted by atomic mass is 9.41. The fourth-order valence-electron chi connectivity index (χ4n) is 8.64. The molecule has 5 N–H and O–H groups in total. The van der Waals surface area contributed by atoms with Crippen LogP contribution in [0.15, 0.2) is 16.8 Å². The van der Waals surface area contributed by atoms with Crippen LogP contribution in [0.5, 0.6) is 0 Å². The molecule has 8 atom stereocenters. The van der Waals surface area contributed by atoms with Gasteiger partial charge in [0.25, 0.3) is 0 Å². The molecule has 0 spiro atoms. The van der Waals surface area contributed by atoms with Gasteiger partial charge in [0, 0.05) is 29.5 Å². The Morgan fingerprint density at radius 3 is 2.67 bits per heavy atom. The molecule has 8 heteroatoms. The zero-order valence-corrected chi connectivity index (χ0v) is 19.5. The van der Waals surface area contributed by atoms with E-state index in [1.54, 1.807) is 6.08 Å². The van der Waals surface area contributed by atoms with E-state index >= 15 is 0 Å². The Balaban J connectivity index is 1.50. The van der Waals surface area contributed by atoms with Crippen molar-refractivity contribution in [3.05, 3.63) is 11.6 Å². The molecule has 1 heterocycles. The van der Waals surface area contributed by atoms with Crippen molar-refractivity contribution in [2.75, 3.05) is 19.8 Å². The Morgan fingerprint density at radius 1 is 1.15 bits per heavy atom. The van der Waals surface area contributed by atoms with Crippen LogP contribution in [0, 0.1) is 28.6 Å². The number of hydrogen-bond acceptors (Lipinski definition) is 8. The Bertz CT molecular complexity index is 862. The van der Waals surface area contributed by atoms with Crippen LogP contribution in [0.2, 0.25) is 0 Å². The first-order valence-corrected chi connectivity index (χ1v) is 12.6. The second-order valence-corrected chi connectivity index (χ2v) is 11.4. The number of aliphatic hydroxyl groups excluding tert-OH is 2. The van der Waals surface area contributed by atoms with E-state index in [1.165, 1.54) is 0 Å². The topological polar surface area (TPSA) is 132 Å². The molecule has 0 unspecified atom stereocenters. The summed E-state index contributed by atoms with van der Waals surface area (Å²) in [5.74, 6) is -0.0955. The maximum absolute atomic E-state index is 12.3. The molecule has 8 nitrogen and oxygen atoms in total. The number of ether oxygens (including phenoxy) is 1. The lowest BCUT2D eigenvalue weighted by Gasteiger charge is -2.65. The van der Waals surface area contributed by atoms with Crippen LogP contribution < -0.4 is 5.43 Å². The number of carbonyl (C=O) groups excluding carboxylic acids is 1. The lowest BCUT2D eigenvalue weighted by molar-refractivity contribution is -0.237. The predicted molar refractivity (Wildman–Crippen MR) is 121 cm³/mol. The maximum Gasteiger partial charge on any atom is 0.331 e. The minimum atomic E-state index is -1.06. The highest BCUT2D eigenvalue weighted by molar-refractivity contribution is 5.85. The Labute approximate surface area is 195 Å². The molecule has 0 amide bonds. The predicted octanol–water partition coefficient (Wildman–Crippen LogP) is 1.27. The van der Waals surface area contributed by atoms with E-state index in [2.05, 4.69) is 17.5 Å². The second kappa shape index (κ2) is 8.04. The summed E-state index contributed by atoms with van der Waals surface area (Å²) in [4.78, 5) is 11.7. The molecular formula is C25H38N2O6. The Morgan fingerprint density at radius 2 is 1.94 bits per heavy atom. The molecular weight excluding hydrogens is 424 g/mol. The number of hydrazone groups is 1. The molecule has 0 bridgehead atoms. The van der Waals surface area contributed by atoms with Gasteiger partial charge in [-0.2, -0.15) is 5.10 Å². The van der Waals surface area contributed by atoms with Crippen LogP contribution in [-0.2, 0) is 9.53 Å². The smallest absolute Gasteiger partial charge is 0.331 e. The SMILES string of the molecule is C[C@]12CC[C@@H]3[C@H](CC[C@]4(O)C[C@H](O)CC[C@]34/C=N\NCCO)[C@@]1(O)CC[C@H]2C1=CC(=O)OC1. The third-order valence-electron chi connectivity index (χ3n) is 10.2. The number of aliphatic hydroxyl groups is 4. The molecule has 5 aliphatic rings. The summed E-state index contributed by atoms with van der Waals surface area (Å²) < 4.78 is 5.20. The quantitative estimate of drug-likeness (QED) is 0.180. The molecule has 0 aromatic heterocycles. The first kappa shape index (κ1) is 23.3. The standard InChI is InChI=1S/C25H38N2O6/c1-22-6-3-19-20(25(22,32)9-5-18(22)16-12-21(30)33-14-16)4-8-24(31)13-17(29)2-7-23(19,24)15-27-26-10-11-28/h12,15,17-20,26,28-29,31-32H,2-11,13-14H2,1H3/b27-15-/t17-,18+,19-,20+,22-,23+,24+,25+/m1/s1. The minimum absolute atomic E-state index is 0.0136. The molecule has 33 heavy (non-hydrogen) atoms. The second-order valence-electron chi connectivity index (χ2n) is 11.4. The van der Waals surface area contributed by atoms with E-state index < -0.39 is 22.7 Å². The summed E-state index contributed by atoms with van der Waals surface area (Å²) in [5, 5.41) is 48.1. The third kappa shape index (κ3) is 3.24. The molecule has 5 rings (SSSR count). The number of rotatable bonds is 5. The number of hydrogen-bond donors (Lipinski definition) is 5. The number of carbonyl (C=O) groups is 1.